The minimum absolute atomic E-state index is 0.00715. The van der Waals surface area contributed by atoms with Crippen molar-refractivity contribution < 1.29 is 17.6 Å². The maximum atomic E-state index is 12.2. The van der Waals surface area contributed by atoms with E-state index in [0.717, 1.165) is 0 Å². The molecule has 3 rings (SSSR count). The minimum Gasteiger partial charge on any atom is -0.457 e. The van der Waals surface area contributed by atoms with Crippen LogP contribution in [0.3, 0.4) is 0 Å². The SMILES string of the molecule is N#C/C(=C/c1ccc(-c2ccc(S(N)(=O)=O)cc2)o1)C(=O)Nc1ccccc1. The normalized spacial score (nSPS) is 11.6. The predicted octanol–water partition coefficient (Wildman–Crippen LogP) is 3.14. The van der Waals surface area contributed by atoms with Crippen molar-refractivity contribution in [2.75, 3.05) is 5.32 Å². The first kappa shape index (κ1) is 19.1. The van der Waals surface area contributed by atoms with Crippen molar-refractivity contribution in [3.05, 3.63) is 78.1 Å². The molecule has 1 heterocycles. The van der Waals surface area contributed by atoms with Crippen LogP contribution in [0, 0.1) is 11.3 Å². The molecule has 0 unspecified atom stereocenters. The van der Waals surface area contributed by atoms with Crippen LogP contribution in [0.25, 0.3) is 17.4 Å². The van der Waals surface area contributed by atoms with Gasteiger partial charge in [0, 0.05) is 17.3 Å². The number of hydrogen-bond acceptors (Lipinski definition) is 5. The fourth-order valence-corrected chi connectivity index (χ4v) is 2.92. The van der Waals surface area contributed by atoms with Gasteiger partial charge in [-0.1, -0.05) is 18.2 Å². The molecule has 0 aliphatic rings. The van der Waals surface area contributed by atoms with Crippen LogP contribution >= 0.6 is 0 Å². The second-order valence-electron chi connectivity index (χ2n) is 5.76. The van der Waals surface area contributed by atoms with Crippen molar-refractivity contribution in [2.24, 2.45) is 5.14 Å². The molecule has 0 fully saturated rings. The number of nitrogens with one attached hydrogen (secondary N) is 1. The van der Waals surface area contributed by atoms with Crippen LogP contribution in [0.2, 0.25) is 0 Å². The Hall–Kier alpha value is -3.67. The molecule has 0 radical (unpaired) electrons. The molecule has 140 valence electrons. The zero-order valence-electron chi connectivity index (χ0n) is 14.5. The molecular formula is C20H15N3O4S. The van der Waals surface area contributed by atoms with Crippen molar-refractivity contribution in [3.8, 4) is 17.4 Å². The summed E-state index contributed by atoms with van der Waals surface area (Å²) >= 11 is 0. The average Bonchev–Trinajstić information content (AvgIpc) is 3.15. The molecule has 7 nitrogen and oxygen atoms in total. The van der Waals surface area contributed by atoms with Gasteiger partial charge in [0.25, 0.3) is 5.91 Å². The van der Waals surface area contributed by atoms with Gasteiger partial charge in [0.05, 0.1) is 4.90 Å². The highest BCUT2D eigenvalue weighted by atomic mass is 32.2. The number of carbonyl (C=O) groups is 1. The number of nitriles is 1. The lowest BCUT2D eigenvalue weighted by Crippen LogP contribution is -2.13. The molecular weight excluding hydrogens is 378 g/mol. The summed E-state index contributed by atoms with van der Waals surface area (Å²) in [5, 5.41) is 17.0. The maximum absolute atomic E-state index is 12.2. The third-order valence-corrected chi connectivity index (χ3v) is 4.71. The summed E-state index contributed by atoms with van der Waals surface area (Å²) in [6.07, 6.45) is 1.33. The highest BCUT2D eigenvalue weighted by Crippen LogP contribution is 2.24. The van der Waals surface area contributed by atoms with Gasteiger partial charge < -0.3 is 9.73 Å². The molecule has 0 saturated carbocycles. The Labute approximate surface area is 161 Å². The van der Waals surface area contributed by atoms with E-state index < -0.39 is 15.9 Å². The summed E-state index contributed by atoms with van der Waals surface area (Å²) in [4.78, 5) is 12.2. The van der Waals surface area contributed by atoms with Crippen LogP contribution < -0.4 is 10.5 Å². The van der Waals surface area contributed by atoms with Gasteiger partial charge in [-0.25, -0.2) is 13.6 Å². The van der Waals surface area contributed by atoms with E-state index in [9.17, 15) is 18.5 Å². The Balaban J connectivity index is 1.80. The number of nitrogens with two attached hydrogens (primary N) is 1. The molecule has 2 aromatic carbocycles. The topological polar surface area (TPSA) is 126 Å². The van der Waals surface area contributed by atoms with E-state index in [1.165, 1.54) is 18.2 Å². The van der Waals surface area contributed by atoms with Crippen LogP contribution in [0.4, 0.5) is 5.69 Å². The van der Waals surface area contributed by atoms with E-state index in [0.29, 0.717) is 22.8 Å². The van der Waals surface area contributed by atoms with E-state index in [1.807, 2.05) is 12.1 Å². The van der Waals surface area contributed by atoms with Gasteiger partial charge in [-0.2, -0.15) is 5.26 Å². The van der Waals surface area contributed by atoms with Crippen molar-refractivity contribution in [1.82, 2.24) is 0 Å². The lowest BCUT2D eigenvalue weighted by Gasteiger charge is -2.03. The van der Waals surface area contributed by atoms with E-state index in [4.69, 9.17) is 9.56 Å². The van der Waals surface area contributed by atoms with Crippen molar-refractivity contribution >= 4 is 27.7 Å². The van der Waals surface area contributed by atoms with Gasteiger partial charge in [0.2, 0.25) is 10.0 Å². The van der Waals surface area contributed by atoms with E-state index >= 15 is 0 Å². The van der Waals surface area contributed by atoms with Crippen LogP contribution in [-0.4, -0.2) is 14.3 Å². The number of para-hydroxylation sites is 1. The van der Waals surface area contributed by atoms with E-state index in [2.05, 4.69) is 5.32 Å². The number of benzene rings is 2. The molecule has 8 heteroatoms. The lowest BCUT2D eigenvalue weighted by molar-refractivity contribution is -0.112. The van der Waals surface area contributed by atoms with Gasteiger partial charge in [-0.05, 0) is 48.5 Å². The first-order chi connectivity index (χ1) is 13.4. The summed E-state index contributed by atoms with van der Waals surface area (Å²) in [7, 11) is -3.77. The molecule has 1 aromatic heterocycles. The second-order valence-corrected chi connectivity index (χ2v) is 7.32. The monoisotopic (exact) mass is 393 g/mol. The van der Waals surface area contributed by atoms with Crippen LogP contribution in [-0.2, 0) is 14.8 Å². The van der Waals surface area contributed by atoms with Crippen molar-refractivity contribution in [2.45, 2.75) is 4.90 Å². The number of nitrogens with zero attached hydrogens (tertiary/aromatic N) is 1. The smallest absolute Gasteiger partial charge is 0.266 e. The van der Waals surface area contributed by atoms with Crippen molar-refractivity contribution in [1.29, 1.82) is 5.26 Å². The van der Waals surface area contributed by atoms with Crippen LogP contribution in [0.15, 0.2) is 81.6 Å². The largest absolute Gasteiger partial charge is 0.457 e. The van der Waals surface area contributed by atoms with Crippen LogP contribution in [0.1, 0.15) is 5.76 Å². The van der Waals surface area contributed by atoms with Crippen LogP contribution in [0.5, 0.6) is 0 Å². The molecule has 0 atom stereocenters. The fraction of sp³-hybridized carbons (Fsp3) is 0. The Bertz CT molecular complexity index is 1170. The molecule has 0 saturated heterocycles. The Morgan fingerprint density at radius 3 is 2.32 bits per heavy atom. The number of hydrogen-bond donors (Lipinski definition) is 2. The number of furan rings is 1. The quantitative estimate of drug-likeness (QED) is 0.509. The number of anilines is 1. The number of rotatable bonds is 5. The molecule has 0 aliphatic heterocycles. The van der Waals surface area contributed by atoms with Crippen molar-refractivity contribution in [3.63, 3.8) is 0 Å². The van der Waals surface area contributed by atoms with E-state index in [-0.39, 0.29) is 10.5 Å². The molecule has 3 N–H and O–H groups in total. The third-order valence-electron chi connectivity index (χ3n) is 3.78. The molecule has 0 bridgehead atoms. The summed E-state index contributed by atoms with van der Waals surface area (Å²) in [5.41, 5.74) is 1.08. The predicted molar refractivity (Wildman–Crippen MR) is 104 cm³/mol. The van der Waals surface area contributed by atoms with Gasteiger partial charge >= 0.3 is 0 Å². The number of primary sulfonamides is 1. The first-order valence-corrected chi connectivity index (χ1v) is 9.63. The summed E-state index contributed by atoms with van der Waals surface area (Å²) in [5.74, 6) is 0.211. The zero-order valence-corrected chi connectivity index (χ0v) is 15.3. The number of sulfonamides is 1. The number of carbonyl (C=O) groups excluding carboxylic acids is 1. The molecule has 3 aromatic rings. The van der Waals surface area contributed by atoms with E-state index in [1.54, 1.807) is 48.5 Å². The molecule has 28 heavy (non-hydrogen) atoms. The highest BCUT2D eigenvalue weighted by Gasteiger charge is 2.12. The minimum atomic E-state index is -3.77. The maximum Gasteiger partial charge on any atom is 0.266 e. The first-order valence-electron chi connectivity index (χ1n) is 8.08. The van der Waals surface area contributed by atoms with Gasteiger partial charge in [0.1, 0.15) is 23.2 Å². The van der Waals surface area contributed by atoms with Gasteiger partial charge in [-0.15, -0.1) is 0 Å². The standard InChI is InChI=1S/C20H15N3O4S/c21-13-15(20(24)23-16-4-2-1-3-5-16)12-17-8-11-19(27-17)14-6-9-18(10-7-14)28(22,25)26/h1-12H,(H,23,24)(H2,22,25,26)/b15-12-. The third kappa shape index (κ3) is 4.54. The molecule has 1 amide bonds. The lowest BCUT2D eigenvalue weighted by atomic mass is 10.2. The summed E-state index contributed by atoms with van der Waals surface area (Å²) in [6.45, 7) is 0. The second kappa shape index (κ2) is 7.92. The van der Waals surface area contributed by atoms with Gasteiger partial charge in [-0.3, -0.25) is 4.79 Å². The zero-order chi connectivity index (χ0) is 20.1. The highest BCUT2D eigenvalue weighted by molar-refractivity contribution is 7.89. The number of amides is 1. The summed E-state index contributed by atoms with van der Waals surface area (Å²) in [6, 6.07) is 19.7. The Morgan fingerprint density at radius 2 is 1.71 bits per heavy atom. The molecule has 0 spiro atoms. The van der Waals surface area contributed by atoms with Gasteiger partial charge in [0.15, 0.2) is 0 Å². The summed E-state index contributed by atoms with van der Waals surface area (Å²) < 4.78 is 28.3. The Morgan fingerprint density at radius 1 is 1.04 bits per heavy atom. The molecule has 0 aliphatic carbocycles. The Kier molecular flexibility index (Phi) is 5.40. The average molecular weight is 393 g/mol. The fourth-order valence-electron chi connectivity index (χ4n) is 2.41.